The molecule has 0 amide bonds. The van der Waals surface area contributed by atoms with Crippen LogP contribution in [0.5, 0.6) is 0 Å². The molecule has 2 fully saturated rings. The summed E-state index contributed by atoms with van der Waals surface area (Å²) in [5, 5.41) is 19.0. The Balaban J connectivity index is 1.93. The van der Waals surface area contributed by atoms with Crippen molar-refractivity contribution >= 4 is 12.6 Å². The molecule has 0 radical (unpaired) electrons. The van der Waals surface area contributed by atoms with E-state index >= 15 is 0 Å². The van der Waals surface area contributed by atoms with E-state index in [9.17, 15) is 10.0 Å². The third-order valence-electron chi connectivity index (χ3n) is 4.95. The van der Waals surface area contributed by atoms with Gasteiger partial charge in [0.05, 0.1) is 0 Å². The first kappa shape index (κ1) is 13.2. The Morgan fingerprint density at radius 2 is 1.16 bits per heavy atom. The zero-order valence-electron chi connectivity index (χ0n) is 11.5. The van der Waals surface area contributed by atoms with Crippen LogP contribution in [0, 0.1) is 0 Å². The highest BCUT2D eigenvalue weighted by Gasteiger charge is 2.24. The van der Waals surface area contributed by atoms with E-state index in [2.05, 4.69) is 6.07 Å². The number of hydrogen-bond donors (Lipinski definition) is 2. The first-order valence-electron chi connectivity index (χ1n) is 7.75. The van der Waals surface area contributed by atoms with E-state index in [0.717, 1.165) is 0 Å². The minimum absolute atomic E-state index is 0.638. The fourth-order valence-electron chi connectivity index (χ4n) is 3.84. The van der Waals surface area contributed by atoms with E-state index in [4.69, 9.17) is 0 Å². The number of hydrogen-bond acceptors (Lipinski definition) is 2. The summed E-state index contributed by atoms with van der Waals surface area (Å²) >= 11 is 0. The lowest BCUT2D eigenvalue weighted by atomic mass is 9.75. The number of benzene rings is 1. The second-order valence-corrected chi connectivity index (χ2v) is 6.27. The molecule has 0 unspecified atom stereocenters. The molecule has 19 heavy (non-hydrogen) atoms. The zero-order chi connectivity index (χ0) is 13.2. The number of rotatable bonds is 3. The highest BCUT2D eigenvalue weighted by molar-refractivity contribution is 6.58. The fourth-order valence-corrected chi connectivity index (χ4v) is 3.84. The van der Waals surface area contributed by atoms with Gasteiger partial charge in [0.1, 0.15) is 0 Å². The average Bonchev–Trinajstić information content (AvgIpc) is 3.11. The zero-order valence-corrected chi connectivity index (χ0v) is 11.5. The molecular weight excluding hydrogens is 235 g/mol. The summed E-state index contributed by atoms with van der Waals surface area (Å²) in [7, 11) is -1.33. The molecule has 0 spiro atoms. The lowest BCUT2D eigenvalue weighted by Gasteiger charge is -2.17. The third-order valence-corrected chi connectivity index (χ3v) is 4.95. The molecule has 2 nitrogen and oxygen atoms in total. The van der Waals surface area contributed by atoms with Crippen LogP contribution in [-0.4, -0.2) is 17.2 Å². The van der Waals surface area contributed by atoms with Gasteiger partial charge in [-0.3, -0.25) is 0 Å². The molecule has 1 aromatic rings. The minimum Gasteiger partial charge on any atom is -0.423 e. The van der Waals surface area contributed by atoms with Crippen LogP contribution in [0.25, 0.3) is 0 Å². The van der Waals surface area contributed by atoms with Crippen molar-refractivity contribution in [2.45, 2.75) is 63.2 Å². The molecule has 0 bridgehead atoms. The molecule has 2 aliphatic carbocycles. The van der Waals surface area contributed by atoms with Crippen molar-refractivity contribution in [2.75, 3.05) is 0 Å². The lowest BCUT2D eigenvalue weighted by Crippen LogP contribution is -2.31. The van der Waals surface area contributed by atoms with Crippen molar-refractivity contribution in [1.82, 2.24) is 0 Å². The second-order valence-electron chi connectivity index (χ2n) is 6.27. The maximum Gasteiger partial charge on any atom is 0.488 e. The average molecular weight is 258 g/mol. The van der Waals surface area contributed by atoms with Gasteiger partial charge >= 0.3 is 7.12 Å². The Bertz CT molecular complexity index is 398. The molecule has 1 aromatic carbocycles. The van der Waals surface area contributed by atoms with Gasteiger partial charge in [0, 0.05) is 0 Å². The van der Waals surface area contributed by atoms with Gasteiger partial charge < -0.3 is 10.0 Å². The Morgan fingerprint density at radius 1 is 0.737 bits per heavy atom. The van der Waals surface area contributed by atoms with E-state index in [0.29, 0.717) is 17.3 Å². The predicted molar refractivity (Wildman–Crippen MR) is 78.7 cm³/mol. The van der Waals surface area contributed by atoms with Crippen molar-refractivity contribution in [3.63, 3.8) is 0 Å². The Hall–Kier alpha value is -0.795. The minimum atomic E-state index is -1.33. The summed E-state index contributed by atoms with van der Waals surface area (Å²) in [5.74, 6) is 1.28. The normalized spacial score (nSPS) is 21.2. The largest absolute Gasteiger partial charge is 0.488 e. The molecule has 0 aromatic heterocycles. The first-order chi connectivity index (χ1) is 9.24. The van der Waals surface area contributed by atoms with Crippen LogP contribution in [0.3, 0.4) is 0 Å². The van der Waals surface area contributed by atoms with Gasteiger partial charge in [-0.05, 0) is 54.1 Å². The summed E-state index contributed by atoms with van der Waals surface area (Å²) in [6, 6.07) is 6.37. The van der Waals surface area contributed by atoms with Crippen molar-refractivity contribution < 1.29 is 10.0 Å². The Labute approximate surface area is 116 Å². The summed E-state index contributed by atoms with van der Waals surface area (Å²) < 4.78 is 0. The molecule has 0 saturated heterocycles. The van der Waals surface area contributed by atoms with Crippen molar-refractivity contribution in [1.29, 1.82) is 0 Å². The molecule has 102 valence electrons. The van der Waals surface area contributed by atoms with E-state index in [1.807, 2.05) is 12.1 Å². The van der Waals surface area contributed by atoms with E-state index in [1.165, 1.54) is 62.5 Å². The molecule has 0 heterocycles. The summed E-state index contributed by atoms with van der Waals surface area (Å²) in [6.07, 6.45) is 10.3. The standard InChI is InChI=1S/C16H23BO2/c18-17(19)16-10-14(12-5-1-2-6-12)9-15(11-16)13-7-3-4-8-13/h9-13,18-19H,1-8H2. The van der Waals surface area contributed by atoms with Gasteiger partial charge in [-0.2, -0.15) is 0 Å². The monoisotopic (exact) mass is 258 g/mol. The van der Waals surface area contributed by atoms with Gasteiger partial charge in [-0.15, -0.1) is 0 Å². The summed E-state index contributed by atoms with van der Waals surface area (Å²) in [4.78, 5) is 0. The molecular formula is C16H23BO2. The van der Waals surface area contributed by atoms with Gasteiger partial charge in [0.15, 0.2) is 0 Å². The van der Waals surface area contributed by atoms with Crippen LogP contribution in [0.15, 0.2) is 18.2 Å². The molecule has 3 rings (SSSR count). The van der Waals surface area contributed by atoms with Crippen molar-refractivity contribution in [2.24, 2.45) is 0 Å². The van der Waals surface area contributed by atoms with Crippen LogP contribution in [0.2, 0.25) is 0 Å². The summed E-state index contributed by atoms with van der Waals surface area (Å²) in [5.41, 5.74) is 3.36. The molecule has 3 heteroatoms. The highest BCUT2D eigenvalue weighted by Crippen LogP contribution is 2.38. The van der Waals surface area contributed by atoms with E-state index < -0.39 is 7.12 Å². The maximum atomic E-state index is 9.51. The second kappa shape index (κ2) is 5.68. The van der Waals surface area contributed by atoms with E-state index in [-0.39, 0.29) is 0 Å². The van der Waals surface area contributed by atoms with Gasteiger partial charge in [0.2, 0.25) is 0 Å². The van der Waals surface area contributed by atoms with Gasteiger partial charge in [-0.25, -0.2) is 0 Å². The topological polar surface area (TPSA) is 40.5 Å². The van der Waals surface area contributed by atoms with Crippen molar-refractivity contribution in [3.8, 4) is 0 Å². The van der Waals surface area contributed by atoms with E-state index in [1.54, 1.807) is 0 Å². The van der Waals surface area contributed by atoms with Crippen LogP contribution >= 0.6 is 0 Å². The SMILES string of the molecule is OB(O)c1cc(C2CCCC2)cc(C2CCCC2)c1. The highest BCUT2D eigenvalue weighted by atomic mass is 16.4. The Kier molecular flexibility index (Phi) is 3.95. The quantitative estimate of drug-likeness (QED) is 0.818. The van der Waals surface area contributed by atoms with Crippen LogP contribution < -0.4 is 5.46 Å². The maximum absolute atomic E-state index is 9.51. The fraction of sp³-hybridized carbons (Fsp3) is 0.625. The van der Waals surface area contributed by atoms with Crippen LogP contribution in [0.1, 0.15) is 74.3 Å². The lowest BCUT2D eigenvalue weighted by molar-refractivity contribution is 0.425. The van der Waals surface area contributed by atoms with Crippen LogP contribution in [0.4, 0.5) is 0 Å². The molecule has 0 aliphatic heterocycles. The van der Waals surface area contributed by atoms with Crippen molar-refractivity contribution in [3.05, 3.63) is 29.3 Å². The molecule has 2 saturated carbocycles. The van der Waals surface area contributed by atoms with Gasteiger partial charge in [0.25, 0.3) is 0 Å². The van der Waals surface area contributed by atoms with Crippen LogP contribution in [-0.2, 0) is 0 Å². The predicted octanol–water partition coefficient (Wildman–Crippen LogP) is 2.68. The van der Waals surface area contributed by atoms with Gasteiger partial charge in [-0.1, -0.05) is 43.9 Å². The molecule has 2 aliphatic rings. The molecule has 0 atom stereocenters. The first-order valence-corrected chi connectivity index (χ1v) is 7.75. The third kappa shape index (κ3) is 2.87. The molecule has 2 N–H and O–H groups in total. The Morgan fingerprint density at radius 3 is 1.53 bits per heavy atom. The smallest absolute Gasteiger partial charge is 0.423 e. The summed E-state index contributed by atoms with van der Waals surface area (Å²) in [6.45, 7) is 0.